The quantitative estimate of drug-likeness (QED) is 0.491. The topological polar surface area (TPSA) is 0 Å². The van der Waals surface area contributed by atoms with Crippen LogP contribution in [0.5, 0.6) is 0 Å². The monoisotopic (exact) mass is 339 g/mol. The second-order valence-electron chi connectivity index (χ2n) is 6.09. The highest BCUT2D eigenvalue weighted by Crippen LogP contribution is 2.20. The van der Waals surface area contributed by atoms with Crippen LogP contribution in [0.2, 0.25) is 0 Å². The third-order valence-electron chi connectivity index (χ3n) is 4.32. The summed E-state index contributed by atoms with van der Waals surface area (Å²) in [4.78, 5) is 2.67. The van der Waals surface area contributed by atoms with E-state index in [0.717, 1.165) is 0 Å². The summed E-state index contributed by atoms with van der Waals surface area (Å²) in [6, 6.07) is 30.2. The number of rotatable bonds is 2. The molecule has 0 aromatic heterocycles. The van der Waals surface area contributed by atoms with E-state index in [4.69, 9.17) is 0 Å². The third-order valence-corrected chi connectivity index (χ3v) is 5.37. The summed E-state index contributed by atoms with van der Waals surface area (Å²) in [6.45, 7) is 2.15. The summed E-state index contributed by atoms with van der Waals surface area (Å²) in [5.41, 5.74) is 3.76. The Bertz CT molecular complexity index is 1010. The molecule has 0 atom stereocenters. The van der Waals surface area contributed by atoms with Gasteiger partial charge in [-0.25, -0.2) is 0 Å². The second-order valence-corrected chi connectivity index (χ2v) is 7.38. The van der Waals surface area contributed by atoms with Crippen molar-refractivity contribution in [3.05, 3.63) is 119 Å². The van der Waals surface area contributed by atoms with Crippen molar-refractivity contribution in [2.75, 3.05) is 0 Å². The van der Waals surface area contributed by atoms with E-state index in [2.05, 4.69) is 104 Å². The lowest BCUT2D eigenvalue weighted by molar-refractivity contribution is 1.47. The summed E-state index contributed by atoms with van der Waals surface area (Å²) < 4.78 is 0. The van der Waals surface area contributed by atoms with Crippen molar-refractivity contribution in [2.24, 2.45) is 0 Å². The van der Waals surface area contributed by atoms with Gasteiger partial charge in [-0.3, -0.25) is 0 Å². The van der Waals surface area contributed by atoms with Gasteiger partial charge in [0, 0.05) is 24.3 Å². The summed E-state index contributed by atoms with van der Waals surface area (Å²) >= 11 is 1.84. The van der Waals surface area contributed by atoms with E-state index in [1.807, 2.05) is 11.4 Å². The zero-order valence-electron chi connectivity index (χ0n) is 14.1. The molecule has 0 nitrogen and oxygen atoms in total. The highest BCUT2D eigenvalue weighted by molar-refractivity contribution is 7.89. The Morgan fingerprint density at radius 2 is 1.20 bits per heavy atom. The van der Waals surface area contributed by atoms with Gasteiger partial charge in [0.25, 0.3) is 0 Å². The molecule has 1 aliphatic heterocycles. The van der Waals surface area contributed by atoms with E-state index in [0.29, 0.717) is 0 Å². The zero-order chi connectivity index (χ0) is 17.1. The van der Waals surface area contributed by atoms with Gasteiger partial charge in [0.2, 0.25) is 21.1 Å². The predicted molar refractivity (Wildman–Crippen MR) is 111 cm³/mol. The van der Waals surface area contributed by atoms with Gasteiger partial charge in [0.15, 0.2) is 0 Å². The van der Waals surface area contributed by atoms with E-state index < -0.39 is 0 Å². The Labute approximate surface area is 152 Å². The maximum atomic E-state index is 2.24. The van der Waals surface area contributed by atoms with Crippen molar-refractivity contribution in [1.82, 2.24) is 0 Å². The zero-order valence-corrected chi connectivity index (χ0v) is 15.0. The molecule has 1 heteroatoms. The molecular formula is C24H19S+. The van der Waals surface area contributed by atoms with E-state index >= 15 is 0 Å². The maximum absolute atomic E-state index is 2.24. The molecule has 3 aromatic carbocycles. The molecule has 120 valence electrons. The molecule has 25 heavy (non-hydrogen) atoms. The van der Waals surface area contributed by atoms with Gasteiger partial charge in [-0.15, -0.1) is 0 Å². The van der Waals surface area contributed by atoms with Crippen molar-refractivity contribution in [3.8, 4) is 0 Å². The lowest BCUT2D eigenvalue weighted by atomic mass is 9.95. The molecular weight excluding hydrogens is 320 g/mol. The third kappa shape index (κ3) is 3.38. The first kappa shape index (κ1) is 15.7. The summed E-state index contributed by atoms with van der Waals surface area (Å²) in [5.74, 6) is 0. The SMILES string of the molecule is CC1=[S+]C(=c2ccc(=C(c3ccccc3)c3ccccc3)cc2)C=C1. The van der Waals surface area contributed by atoms with Gasteiger partial charge in [-0.2, -0.15) is 0 Å². The fourth-order valence-corrected chi connectivity index (χ4v) is 3.97. The Hall–Kier alpha value is -2.77. The van der Waals surface area contributed by atoms with Crippen molar-refractivity contribution in [3.63, 3.8) is 0 Å². The first-order valence-corrected chi connectivity index (χ1v) is 9.28. The second kappa shape index (κ2) is 7.00. The highest BCUT2D eigenvalue weighted by Gasteiger charge is 2.14. The summed E-state index contributed by atoms with van der Waals surface area (Å²) in [6.07, 6.45) is 4.38. The molecule has 0 N–H and O–H groups in total. The summed E-state index contributed by atoms with van der Waals surface area (Å²) in [7, 11) is 0. The van der Waals surface area contributed by atoms with Crippen LogP contribution in [-0.2, 0) is 11.4 Å². The minimum Gasteiger partial charge on any atom is -0.0622 e. The van der Waals surface area contributed by atoms with Gasteiger partial charge in [-0.1, -0.05) is 72.8 Å². The van der Waals surface area contributed by atoms with Gasteiger partial charge in [0.1, 0.15) is 0 Å². The number of benzene rings is 3. The number of allylic oxidation sites excluding steroid dienone is 1. The molecule has 3 aromatic rings. The lowest BCUT2D eigenvalue weighted by Crippen LogP contribution is -2.13. The maximum Gasteiger partial charge on any atom is 0.238 e. The van der Waals surface area contributed by atoms with Gasteiger partial charge >= 0.3 is 0 Å². The average Bonchev–Trinajstić information content (AvgIpc) is 3.11. The van der Waals surface area contributed by atoms with Gasteiger partial charge in [-0.05, 0) is 34.1 Å². The fourth-order valence-electron chi connectivity index (χ4n) is 3.10. The Morgan fingerprint density at radius 3 is 1.68 bits per heavy atom. The van der Waals surface area contributed by atoms with Crippen molar-refractivity contribution < 1.29 is 0 Å². The first-order valence-electron chi connectivity index (χ1n) is 8.46. The van der Waals surface area contributed by atoms with E-state index in [1.54, 1.807) is 0 Å². The molecule has 0 unspecified atom stereocenters. The van der Waals surface area contributed by atoms with Crippen LogP contribution in [0.4, 0.5) is 0 Å². The predicted octanol–water partition coefficient (Wildman–Crippen LogP) is 3.89. The average molecular weight is 339 g/mol. The summed E-state index contributed by atoms with van der Waals surface area (Å²) in [5, 5.41) is 2.52. The largest absolute Gasteiger partial charge is 0.238 e. The lowest BCUT2D eigenvalue weighted by Gasteiger charge is -2.08. The standard InChI is InChI=1S/C24H19S/c1-18-12-17-23(25-18)19-13-15-22(16-14-19)24(20-8-4-2-5-9-20)21-10-6-3-7-11-21/h2-17H,1H3/q+1. The van der Waals surface area contributed by atoms with Crippen LogP contribution in [0.25, 0.3) is 10.5 Å². The van der Waals surface area contributed by atoms with Crippen LogP contribution in [0, 0.1) is 0 Å². The molecule has 0 aliphatic carbocycles. The molecule has 0 amide bonds. The van der Waals surface area contributed by atoms with Crippen molar-refractivity contribution >= 4 is 26.7 Å². The molecule has 4 rings (SSSR count). The van der Waals surface area contributed by atoms with Crippen LogP contribution in [0.15, 0.2) is 97.1 Å². The highest BCUT2D eigenvalue weighted by atomic mass is 32.1. The molecule has 0 saturated carbocycles. The molecule has 1 aliphatic rings. The van der Waals surface area contributed by atoms with Crippen LogP contribution >= 0.6 is 0 Å². The number of hydrogen-bond donors (Lipinski definition) is 0. The molecule has 0 radical (unpaired) electrons. The van der Waals surface area contributed by atoms with E-state index in [1.165, 1.54) is 36.9 Å². The van der Waals surface area contributed by atoms with Gasteiger partial charge in [0.05, 0.1) is 0 Å². The van der Waals surface area contributed by atoms with E-state index in [-0.39, 0.29) is 0 Å². The Morgan fingerprint density at radius 1 is 0.640 bits per heavy atom. The van der Waals surface area contributed by atoms with Crippen LogP contribution in [0.3, 0.4) is 0 Å². The van der Waals surface area contributed by atoms with Crippen LogP contribution < -0.4 is 10.4 Å². The molecule has 1 heterocycles. The molecule has 0 saturated heterocycles. The fraction of sp³-hybridized carbons (Fsp3) is 0.0417. The van der Waals surface area contributed by atoms with E-state index in [9.17, 15) is 0 Å². The molecule has 0 spiro atoms. The number of hydrogen-bond acceptors (Lipinski definition) is 0. The molecule has 0 fully saturated rings. The Kier molecular flexibility index (Phi) is 4.41. The molecule has 0 bridgehead atoms. The smallest absolute Gasteiger partial charge is 0.0622 e. The van der Waals surface area contributed by atoms with Gasteiger partial charge < -0.3 is 0 Å². The van der Waals surface area contributed by atoms with Crippen LogP contribution in [0.1, 0.15) is 18.1 Å². The van der Waals surface area contributed by atoms with Crippen LogP contribution in [-0.4, -0.2) is 4.86 Å². The normalized spacial score (nSPS) is 13.0. The Balaban J connectivity index is 1.94. The van der Waals surface area contributed by atoms with Crippen molar-refractivity contribution in [1.29, 1.82) is 0 Å². The minimum atomic E-state index is 1.24. The first-order chi connectivity index (χ1) is 12.3. The minimum absolute atomic E-state index is 1.24. The van der Waals surface area contributed by atoms with Crippen molar-refractivity contribution in [2.45, 2.75) is 6.92 Å².